The summed E-state index contributed by atoms with van der Waals surface area (Å²) in [4.78, 5) is 0. The molecule has 2 saturated heterocycles. The van der Waals surface area contributed by atoms with Crippen LogP contribution in [0.25, 0.3) is 0 Å². The van der Waals surface area contributed by atoms with Gasteiger partial charge in [0.05, 0.1) is 6.61 Å². The average Bonchev–Trinajstić information content (AvgIpc) is 2.73. The third-order valence-corrected chi connectivity index (χ3v) is 4.18. The predicted molar refractivity (Wildman–Crippen MR) is 59.6 cm³/mol. The number of aliphatic hydroxyl groups excluding tert-OH is 3. The summed E-state index contributed by atoms with van der Waals surface area (Å²) in [5.41, 5.74) is 0. The zero-order valence-corrected chi connectivity index (χ0v) is 10.2. The molecule has 3 N–H and O–H groups in total. The molecule has 18 heavy (non-hydrogen) atoms. The highest BCUT2D eigenvalue weighted by atomic mass is 16.8. The van der Waals surface area contributed by atoms with Crippen molar-refractivity contribution in [1.29, 1.82) is 0 Å². The molecule has 4 atom stereocenters. The molecule has 104 valence electrons. The second-order valence-electron chi connectivity index (χ2n) is 5.49. The quantitative estimate of drug-likeness (QED) is 0.544. The third kappa shape index (κ3) is 1.88. The van der Waals surface area contributed by atoms with E-state index >= 15 is 0 Å². The van der Waals surface area contributed by atoms with Crippen molar-refractivity contribution in [3.8, 4) is 0 Å². The van der Waals surface area contributed by atoms with Gasteiger partial charge in [-0.05, 0) is 12.8 Å². The number of aliphatic hydroxyl groups is 3. The highest BCUT2D eigenvalue weighted by Crippen LogP contribution is 2.45. The molecule has 0 unspecified atom stereocenters. The Bertz CT molecular complexity index is 316. The van der Waals surface area contributed by atoms with Crippen LogP contribution in [0.15, 0.2) is 0 Å². The molecule has 6 heteroatoms. The fourth-order valence-corrected chi connectivity index (χ4v) is 3.04. The van der Waals surface area contributed by atoms with E-state index in [9.17, 15) is 15.3 Å². The first kappa shape index (κ1) is 12.8. The minimum Gasteiger partial charge on any atom is -0.388 e. The molecule has 0 aromatic rings. The maximum atomic E-state index is 10.1. The number of hydrogen-bond acceptors (Lipinski definition) is 6. The summed E-state index contributed by atoms with van der Waals surface area (Å²) >= 11 is 0. The van der Waals surface area contributed by atoms with Crippen LogP contribution in [0.4, 0.5) is 0 Å². The minimum absolute atomic E-state index is 0.0579. The highest BCUT2D eigenvalue weighted by Gasteiger charge is 2.60. The molecule has 0 bridgehead atoms. The first-order valence-corrected chi connectivity index (χ1v) is 6.59. The minimum atomic E-state index is -1.32. The van der Waals surface area contributed by atoms with E-state index < -0.39 is 29.9 Å². The highest BCUT2D eigenvalue weighted by molar-refractivity contribution is 4.98. The molecule has 2 aliphatic heterocycles. The van der Waals surface area contributed by atoms with Gasteiger partial charge < -0.3 is 29.5 Å². The third-order valence-electron chi connectivity index (χ3n) is 4.18. The number of rotatable bonds is 0. The summed E-state index contributed by atoms with van der Waals surface area (Å²) in [7, 11) is 0. The van der Waals surface area contributed by atoms with Crippen molar-refractivity contribution >= 4 is 0 Å². The Morgan fingerprint density at radius 3 is 2.39 bits per heavy atom. The van der Waals surface area contributed by atoms with Crippen molar-refractivity contribution < 1.29 is 29.5 Å². The fraction of sp³-hybridized carbons (Fsp3) is 1.00. The number of ether oxygens (including phenoxy) is 3. The van der Waals surface area contributed by atoms with Gasteiger partial charge in [-0.2, -0.15) is 0 Å². The van der Waals surface area contributed by atoms with Crippen molar-refractivity contribution in [3.63, 3.8) is 0 Å². The topological polar surface area (TPSA) is 88.4 Å². The summed E-state index contributed by atoms with van der Waals surface area (Å²) < 4.78 is 17.1. The van der Waals surface area contributed by atoms with E-state index in [1.165, 1.54) is 0 Å². The van der Waals surface area contributed by atoms with E-state index in [0.717, 1.165) is 32.1 Å². The normalized spacial score (nSPS) is 47.8. The van der Waals surface area contributed by atoms with E-state index in [0.29, 0.717) is 0 Å². The van der Waals surface area contributed by atoms with Gasteiger partial charge in [-0.25, -0.2) is 0 Å². The van der Waals surface area contributed by atoms with Gasteiger partial charge in [0.15, 0.2) is 5.79 Å². The molecule has 6 nitrogen and oxygen atoms in total. The summed E-state index contributed by atoms with van der Waals surface area (Å²) in [6, 6.07) is 0. The Morgan fingerprint density at radius 2 is 1.67 bits per heavy atom. The Morgan fingerprint density at radius 1 is 0.944 bits per heavy atom. The molecule has 0 aromatic carbocycles. The van der Waals surface area contributed by atoms with E-state index in [-0.39, 0.29) is 13.2 Å². The Balaban J connectivity index is 1.77. The van der Waals surface area contributed by atoms with Gasteiger partial charge in [0.1, 0.15) is 24.9 Å². The van der Waals surface area contributed by atoms with Gasteiger partial charge >= 0.3 is 0 Å². The molecule has 2 spiro atoms. The zero-order valence-electron chi connectivity index (χ0n) is 10.2. The maximum Gasteiger partial charge on any atom is 0.224 e. The molecule has 0 amide bonds. The molecule has 1 aliphatic carbocycles. The molecule has 0 aromatic heterocycles. The second-order valence-corrected chi connectivity index (χ2v) is 5.49. The van der Waals surface area contributed by atoms with Crippen molar-refractivity contribution in [3.05, 3.63) is 0 Å². The van der Waals surface area contributed by atoms with E-state index in [2.05, 4.69) is 0 Å². The van der Waals surface area contributed by atoms with Gasteiger partial charge in [0, 0.05) is 12.8 Å². The van der Waals surface area contributed by atoms with Crippen molar-refractivity contribution in [1.82, 2.24) is 0 Å². The zero-order chi connectivity index (χ0) is 12.8. The second kappa shape index (κ2) is 4.40. The van der Waals surface area contributed by atoms with Crippen LogP contribution in [0.1, 0.15) is 32.1 Å². The van der Waals surface area contributed by atoms with Crippen LogP contribution in [0, 0.1) is 0 Å². The molecular formula is C12H20O6. The lowest BCUT2D eigenvalue weighted by Crippen LogP contribution is -2.62. The average molecular weight is 260 g/mol. The molecule has 2 heterocycles. The largest absolute Gasteiger partial charge is 0.388 e. The predicted octanol–water partition coefficient (Wildman–Crippen LogP) is -0.497. The Labute approximate surface area is 105 Å². The maximum absolute atomic E-state index is 10.1. The SMILES string of the molecule is O[C@@H]1[C@H](O)CO[C@]2(COC3(CCCCC3)O2)[C@H]1O. The summed E-state index contributed by atoms with van der Waals surface area (Å²) in [6.45, 7) is 0.0373. The monoisotopic (exact) mass is 260 g/mol. The molecule has 0 radical (unpaired) electrons. The Kier molecular flexibility index (Phi) is 3.12. The molecule has 3 aliphatic rings. The summed E-state index contributed by atoms with van der Waals surface area (Å²) in [5.74, 6) is -2.00. The molecule has 1 saturated carbocycles. The van der Waals surface area contributed by atoms with Gasteiger partial charge in [0.2, 0.25) is 5.79 Å². The van der Waals surface area contributed by atoms with Gasteiger partial charge in [0.25, 0.3) is 0 Å². The Hall–Kier alpha value is -0.240. The molecule has 3 fully saturated rings. The van der Waals surface area contributed by atoms with Gasteiger partial charge in [-0.15, -0.1) is 0 Å². The van der Waals surface area contributed by atoms with Crippen LogP contribution < -0.4 is 0 Å². The lowest BCUT2D eigenvalue weighted by Gasteiger charge is -2.42. The molecular weight excluding hydrogens is 240 g/mol. The first-order valence-electron chi connectivity index (χ1n) is 6.59. The van der Waals surface area contributed by atoms with Crippen molar-refractivity contribution in [2.24, 2.45) is 0 Å². The number of hydrogen-bond donors (Lipinski definition) is 3. The summed E-state index contributed by atoms with van der Waals surface area (Å²) in [5, 5.41) is 29.3. The molecule has 3 rings (SSSR count). The van der Waals surface area contributed by atoms with E-state index in [1.54, 1.807) is 0 Å². The van der Waals surface area contributed by atoms with E-state index in [4.69, 9.17) is 14.2 Å². The lowest BCUT2D eigenvalue weighted by molar-refractivity contribution is -0.346. The lowest BCUT2D eigenvalue weighted by atomic mass is 9.94. The van der Waals surface area contributed by atoms with Crippen LogP contribution in [-0.4, -0.2) is 58.4 Å². The van der Waals surface area contributed by atoms with E-state index in [1.807, 2.05) is 0 Å². The first-order chi connectivity index (χ1) is 8.57. The van der Waals surface area contributed by atoms with Crippen LogP contribution in [0.5, 0.6) is 0 Å². The van der Waals surface area contributed by atoms with Gasteiger partial charge in [-0.3, -0.25) is 0 Å². The van der Waals surface area contributed by atoms with Crippen LogP contribution in [-0.2, 0) is 14.2 Å². The van der Waals surface area contributed by atoms with Crippen LogP contribution in [0.3, 0.4) is 0 Å². The standard InChI is InChI=1S/C12H20O6/c13-8-6-16-12(10(15)9(8)14)7-17-11(18-12)4-2-1-3-5-11/h8-10,13-15H,1-7H2/t8-,9-,10+,12+/m1/s1. The van der Waals surface area contributed by atoms with Crippen molar-refractivity contribution in [2.45, 2.75) is 62.0 Å². The van der Waals surface area contributed by atoms with Crippen molar-refractivity contribution in [2.75, 3.05) is 13.2 Å². The van der Waals surface area contributed by atoms with Gasteiger partial charge in [-0.1, -0.05) is 6.42 Å². The van der Waals surface area contributed by atoms with Crippen LogP contribution in [0.2, 0.25) is 0 Å². The summed E-state index contributed by atoms with van der Waals surface area (Å²) in [6.07, 6.45) is 1.13. The van der Waals surface area contributed by atoms with Crippen LogP contribution >= 0.6 is 0 Å². The smallest absolute Gasteiger partial charge is 0.224 e. The fourth-order valence-electron chi connectivity index (χ4n) is 3.04.